The monoisotopic (exact) mass is 600 g/mol. The SMILES string of the molecule is Cn1c2cc(C=C(C#N)C#N)sc2c2sc(-c3ccc(N(c4ccc(C(=O)O)cc4)c4ccc(C(=O)O)cc4)cc3)cc21. The highest BCUT2D eigenvalue weighted by Crippen LogP contribution is 2.44. The van der Waals surface area contributed by atoms with Gasteiger partial charge in [-0.05, 0) is 84.4 Å². The largest absolute Gasteiger partial charge is 0.478 e. The molecule has 3 heterocycles. The summed E-state index contributed by atoms with van der Waals surface area (Å²) in [6.45, 7) is 0. The van der Waals surface area contributed by atoms with Crippen molar-refractivity contribution in [2.75, 3.05) is 4.90 Å². The van der Waals surface area contributed by atoms with Crippen LogP contribution in [0.3, 0.4) is 0 Å². The van der Waals surface area contributed by atoms with Gasteiger partial charge in [-0.3, -0.25) is 0 Å². The van der Waals surface area contributed by atoms with Crippen molar-refractivity contribution < 1.29 is 19.8 Å². The maximum atomic E-state index is 11.4. The molecular formula is C33H20N4O4S2. The molecule has 43 heavy (non-hydrogen) atoms. The number of hydrogen-bond donors (Lipinski definition) is 2. The predicted molar refractivity (Wildman–Crippen MR) is 169 cm³/mol. The van der Waals surface area contributed by atoms with Crippen LogP contribution in [0.4, 0.5) is 17.1 Å². The Morgan fingerprint density at radius 1 is 0.744 bits per heavy atom. The summed E-state index contributed by atoms with van der Waals surface area (Å²) in [5, 5.41) is 36.9. The molecule has 3 aromatic heterocycles. The van der Waals surface area contributed by atoms with Crippen LogP contribution in [0.25, 0.3) is 36.9 Å². The van der Waals surface area contributed by atoms with Crippen LogP contribution in [0, 0.1) is 22.7 Å². The highest BCUT2D eigenvalue weighted by molar-refractivity contribution is 7.29. The number of aryl methyl sites for hydroxylation is 1. The second-order valence-electron chi connectivity index (χ2n) is 9.62. The normalized spacial score (nSPS) is 10.8. The van der Waals surface area contributed by atoms with Gasteiger partial charge in [-0.25, -0.2) is 9.59 Å². The van der Waals surface area contributed by atoms with Crippen LogP contribution in [0.5, 0.6) is 0 Å². The second kappa shape index (κ2) is 11.0. The number of aromatic nitrogens is 1. The molecule has 2 N–H and O–H groups in total. The van der Waals surface area contributed by atoms with E-state index in [1.807, 2.05) is 54.4 Å². The maximum absolute atomic E-state index is 11.4. The molecule has 0 saturated carbocycles. The molecule has 6 aromatic rings. The topological polar surface area (TPSA) is 130 Å². The Morgan fingerprint density at radius 3 is 1.70 bits per heavy atom. The van der Waals surface area contributed by atoms with Gasteiger partial charge in [-0.1, -0.05) is 12.1 Å². The third-order valence-corrected chi connectivity index (χ3v) is 9.46. The Labute approximate surface area is 253 Å². The lowest BCUT2D eigenvalue weighted by Crippen LogP contribution is -2.10. The number of aromatic carboxylic acids is 2. The van der Waals surface area contributed by atoms with Crippen molar-refractivity contribution in [2.24, 2.45) is 7.05 Å². The molecule has 0 aliphatic rings. The number of nitrogens with zero attached hydrogens (tertiary/aromatic N) is 4. The summed E-state index contributed by atoms with van der Waals surface area (Å²) in [6, 6.07) is 29.0. The lowest BCUT2D eigenvalue weighted by atomic mass is 10.1. The lowest BCUT2D eigenvalue weighted by molar-refractivity contribution is 0.0686. The predicted octanol–water partition coefficient (Wildman–Crippen LogP) is 8.42. The number of thiophene rings is 2. The fraction of sp³-hybridized carbons (Fsp3) is 0.0303. The summed E-state index contributed by atoms with van der Waals surface area (Å²) in [6.07, 6.45) is 1.61. The van der Waals surface area contributed by atoms with Crippen LogP contribution in [0.15, 0.2) is 90.5 Å². The highest BCUT2D eigenvalue weighted by Gasteiger charge is 2.18. The Bertz CT molecular complexity index is 2080. The van der Waals surface area contributed by atoms with Crippen molar-refractivity contribution in [3.8, 4) is 22.6 Å². The van der Waals surface area contributed by atoms with Gasteiger partial charge in [0.15, 0.2) is 0 Å². The van der Waals surface area contributed by atoms with E-state index >= 15 is 0 Å². The number of benzene rings is 3. The Balaban J connectivity index is 1.38. The van der Waals surface area contributed by atoms with Gasteiger partial charge in [0.25, 0.3) is 0 Å². The highest BCUT2D eigenvalue weighted by atomic mass is 32.1. The molecule has 8 nitrogen and oxygen atoms in total. The van der Waals surface area contributed by atoms with Gasteiger partial charge in [-0.2, -0.15) is 10.5 Å². The molecule has 0 aliphatic carbocycles. The smallest absolute Gasteiger partial charge is 0.335 e. The summed E-state index contributed by atoms with van der Waals surface area (Å²) in [4.78, 5) is 26.7. The number of carboxylic acid groups (broad SMARTS) is 2. The van der Waals surface area contributed by atoms with E-state index in [0.717, 1.165) is 52.8 Å². The molecular weight excluding hydrogens is 581 g/mol. The van der Waals surface area contributed by atoms with E-state index < -0.39 is 11.9 Å². The standard InChI is InChI=1S/C33H20N4O4S2/c1-36-27-15-26(14-19(17-34)18-35)42-30(27)31-28(36)16-29(43-31)20-2-8-23(9-3-20)37(24-10-4-21(5-11-24)32(38)39)25-12-6-22(7-13-25)33(40)41/h2-16H,1H3,(H,38,39)(H,40,41). The molecule has 208 valence electrons. The fourth-order valence-corrected chi connectivity index (χ4v) is 7.38. The number of anilines is 3. The van der Waals surface area contributed by atoms with Crippen LogP contribution < -0.4 is 4.90 Å². The van der Waals surface area contributed by atoms with Gasteiger partial charge in [-0.15, -0.1) is 22.7 Å². The Morgan fingerprint density at radius 2 is 1.21 bits per heavy atom. The van der Waals surface area contributed by atoms with Gasteiger partial charge in [0.05, 0.1) is 31.6 Å². The summed E-state index contributed by atoms with van der Waals surface area (Å²) in [7, 11) is 2.00. The number of nitriles is 2. The van der Waals surface area contributed by atoms with E-state index in [-0.39, 0.29) is 16.7 Å². The van der Waals surface area contributed by atoms with Crippen molar-refractivity contribution in [3.05, 3.63) is 107 Å². The minimum absolute atomic E-state index is 0.0689. The average molecular weight is 601 g/mol. The van der Waals surface area contributed by atoms with Gasteiger partial charge >= 0.3 is 11.9 Å². The molecule has 0 unspecified atom stereocenters. The fourth-order valence-electron chi connectivity index (χ4n) is 4.91. The van der Waals surface area contributed by atoms with Crippen LogP contribution in [0.1, 0.15) is 25.6 Å². The zero-order chi connectivity index (χ0) is 30.2. The van der Waals surface area contributed by atoms with E-state index in [9.17, 15) is 19.8 Å². The van der Waals surface area contributed by atoms with Gasteiger partial charge < -0.3 is 19.7 Å². The molecule has 10 heteroatoms. The van der Waals surface area contributed by atoms with Crippen LogP contribution >= 0.6 is 22.7 Å². The molecule has 0 radical (unpaired) electrons. The molecule has 6 rings (SSSR count). The first-order chi connectivity index (χ1) is 20.8. The lowest BCUT2D eigenvalue weighted by Gasteiger charge is -2.26. The molecule has 0 saturated heterocycles. The van der Waals surface area contributed by atoms with Crippen molar-refractivity contribution in [3.63, 3.8) is 0 Å². The zero-order valence-corrected chi connectivity index (χ0v) is 24.1. The minimum Gasteiger partial charge on any atom is -0.478 e. The molecule has 0 atom stereocenters. The number of allylic oxidation sites excluding steroid dienone is 1. The maximum Gasteiger partial charge on any atom is 0.335 e. The number of fused-ring (bicyclic) bond motifs is 3. The van der Waals surface area contributed by atoms with E-state index in [4.69, 9.17) is 10.5 Å². The average Bonchev–Trinajstić information content (AvgIpc) is 3.70. The van der Waals surface area contributed by atoms with Gasteiger partial charge in [0, 0.05) is 33.9 Å². The van der Waals surface area contributed by atoms with E-state index in [0.29, 0.717) is 0 Å². The third-order valence-electron chi connectivity index (χ3n) is 7.06. The number of carbonyl (C=O) groups is 2. The van der Waals surface area contributed by atoms with E-state index in [2.05, 4.69) is 10.6 Å². The summed E-state index contributed by atoms with van der Waals surface area (Å²) in [5.41, 5.74) is 5.85. The number of rotatable bonds is 7. The molecule has 3 aromatic carbocycles. The minimum atomic E-state index is -1.02. The van der Waals surface area contributed by atoms with Crippen molar-refractivity contribution >= 4 is 78.2 Å². The van der Waals surface area contributed by atoms with Crippen molar-refractivity contribution in [1.29, 1.82) is 10.5 Å². The summed E-state index contributed by atoms with van der Waals surface area (Å²) in [5.74, 6) is -2.03. The Kier molecular flexibility index (Phi) is 7.00. The molecule has 0 fully saturated rings. The number of hydrogen-bond acceptors (Lipinski definition) is 7. The summed E-state index contributed by atoms with van der Waals surface area (Å²) < 4.78 is 4.36. The summed E-state index contributed by atoms with van der Waals surface area (Å²) >= 11 is 3.23. The van der Waals surface area contributed by atoms with Crippen LogP contribution in [-0.4, -0.2) is 26.7 Å². The first kappa shape index (κ1) is 27.5. The van der Waals surface area contributed by atoms with E-state index in [1.165, 1.54) is 24.3 Å². The van der Waals surface area contributed by atoms with E-state index in [1.54, 1.807) is 53.0 Å². The quantitative estimate of drug-likeness (QED) is 0.176. The molecule has 0 bridgehead atoms. The Hall–Kier alpha value is -5.68. The zero-order valence-electron chi connectivity index (χ0n) is 22.5. The van der Waals surface area contributed by atoms with Gasteiger partial charge in [0.2, 0.25) is 0 Å². The molecule has 0 amide bonds. The second-order valence-corrected chi connectivity index (χ2v) is 11.8. The van der Waals surface area contributed by atoms with Gasteiger partial charge in [0.1, 0.15) is 17.7 Å². The van der Waals surface area contributed by atoms with Crippen LogP contribution in [0.2, 0.25) is 0 Å². The third kappa shape index (κ3) is 5.02. The number of carboxylic acids is 2. The van der Waals surface area contributed by atoms with Crippen molar-refractivity contribution in [1.82, 2.24) is 4.57 Å². The van der Waals surface area contributed by atoms with Crippen molar-refractivity contribution in [2.45, 2.75) is 0 Å². The first-order valence-corrected chi connectivity index (χ1v) is 14.5. The molecule has 0 aliphatic heterocycles. The van der Waals surface area contributed by atoms with Crippen LogP contribution in [-0.2, 0) is 7.05 Å². The molecule has 0 spiro atoms. The first-order valence-electron chi connectivity index (χ1n) is 12.9.